The lowest BCUT2D eigenvalue weighted by molar-refractivity contribution is -0.136. The number of aromatic nitrogens is 1. The quantitative estimate of drug-likeness (QED) is 0.888. The van der Waals surface area contributed by atoms with E-state index in [0.717, 1.165) is 29.7 Å². The second-order valence-corrected chi connectivity index (χ2v) is 4.78. The molecule has 0 spiro atoms. The van der Waals surface area contributed by atoms with Gasteiger partial charge in [0.05, 0.1) is 5.52 Å². The summed E-state index contributed by atoms with van der Waals surface area (Å²) >= 11 is 0. The van der Waals surface area contributed by atoms with Crippen molar-refractivity contribution in [3.8, 4) is 0 Å². The lowest BCUT2D eigenvalue weighted by Crippen LogP contribution is -2.28. The van der Waals surface area contributed by atoms with Gasteiger partial charge in [0.1, 0.15) is 5.82 Å². The normalized spacial score (nSPS) is 14.6. The van der Waals surface area contributed by atoms with Gasteiger partial charge in [0.15, 0.2) is 0 Å². The second-order valence-electron chi connectivity index (χ2n) is 4.78. The van der Waals surface area contributed by atoms with Crippen molar-refractivity contribution in [2.24, 2.45) is 0 Å². The van der Waals surface area contributed by atoms with E-state index in [0.29, 0.717) is 18.5 Å². The molecule has 2 heterocycles. The summed E-state index contributed by atoms with van der Waals surface area (Å²) in [6.07, 6.45) is 0.516. The van der Waals surface area contributed by atoms with E-state index in [9.17, 15) is 9.18 Å². The highest BCUT2D eigenvalue weighted by atomic mass is 19.1. The zero-order chi connectivity index (χ0) is 13.4. The second kappa shape index (κ2) is 4.66. The van der Waals surface area contributed by atoms with Gasteiger partial charge < -0.3 is 15.0 Å². The number of fused-ring (bicyclic) bond motifs is 3. The van der Waals surface area contributed by atoms with Crippen LogP contribution in [0.15, 0.2) is 18.2 Å². The zero-order valence-corrected chi connectivity index (χ0v) is 10.4. The minimum Gasteiger partial charge on any atom is -0.481 e. The SMILES string of the molecule is O=C(O)CCc1c2n(c3c(F)cccc13)CCNC2. The van der Waals surface area contributed by atoms with Crippen LogP contribution in [0.25, 0.3) is 10.9 Å². The zero-order valence-electron chi connectivity index (χ0n) is 10.4. The molecule has 0 aliphatic carbocycles. The number of carboxylic acids is 1. The highest BCUT2D eigenvalue weighted by Crippen LogP contribution is 2.30. The fourth-order valence-electron chi connectivity index (χ4n) is 2.84. The Kier molecular flexibility index (Phi) is 2.98. The summed E-state index contributed by atoms with van der Waals surface area (Å²) in [4.78, 5) is 10.8. The molecule has 0 amide bonds. The van der Waals surface area contributed by atoms with Gasteiger partial charge in [-0.1, -0.05) is 12.1 Å². The van der Waals surface area contributed by atoms with Gasteiger partial charge in [-0.25, -0.2) is 4.39 Å². The van der Waals surface area contributed by atoms with Gasteiger partial charge >= 0.3 is 5.97 Å². The third-order valence-electron chi connectivity index (χ3n) is 3.65. The van der Waals surface area contributed by atoms with E-state index in [1.165, 1.54) is 6.07 Å². The molecule has 2 aromatic rings. The molecule has 4 nitrogen and oxygen atoms in total. The van der Waals surface area contributed by atoms with E-state index in [1.54, 1.807) is 6.07 Å². The number of aryl methyl sites for hydroxylation is 1. The highest BCUT2D eigenvalue weighted by molar-refractivity contribution is 5.86. The summed E-state index contributed by atoms with van der Waals surface area (Å²) in [5, 5.41) is 13.0. The third kappa shape index (κ3) is 2.00. The molecule has 1 aromatic carbocycles. The van der Waals surface area contributed by atoms with Crippen molar-refractivity contribution in [3.05, 3.63) is 35.3 Å². The molecule has 1 aliphatic rings. The Morgan fingerprint density at radius 2 is 2.32 bits per heavy atom. The third-order valence-corrected chi connectivity index (χ3v) is 3.65. The number of para-hydroxylation sites is 1. The van der Waals surface area contributed by atoms with Crippen molar-refractivity contribution in [1.82, 2.24) is 9.88 Å². The Morgan fingerprint density at radius 3 is 3.11 bits per heavy atom. The average molecular weight is 262 g/mol. The molecular weight excluding hydrogens is 247 g/mol. The number of aliphatic carboxylic acids is 1. The van der Waals surface area contributed by atoms with Crippen molar-refractivity contribution >= 4 is 16.9 Å². The Labute approximate surface area is 109 Å². The Bertz CT molecular complexity index is 648. The number of carbonyl (C=O) groups is 1. The fraction of sp³-hybridized carbons (Fsp3) is 0.357. The molecular formula is C14H15FN2O2. The van der Waals surface area contributed by atoms with Crippen LogP contribution in [-0.4, -0.2) is 22.2 Å². The lowest BCUT2D eigenvalue weighted by atomic mass is 10.0. The molecule has 0 atom stereocenters. The van der Waals surface area contributed by atoms with E-state index in [2.05, 4.69) is 5.32 Å². The van der Waals surface area contributed by atoms with Crippen molar-refractivity contribution in [2.45, 2.75) is 25.9 Å². The first kappa shape index (κ1) is 12.2. The minimum absolute atomic E-state index is 0.0721. The van der Waals surface area contributed by atoms with Crippen molar-refractivity contribution in [1.29, 1.82) is 0 Å². The molecule has 100 valence electrons. The molecule has 0 fully saturated rings. The minimum atomic E-state index is -0.826. The summed E-state index contributed by atoms with van der Waals surface area (Å²) in [6.45, 7) is 2.20. The molecule has 5 heteroatoms. The van der Waals surface area contributed by atoms with Crippen LogP contribution < -0.4 is 5.32 Å². The molecule has 0 bridgehead atoms. The largest absolute Gasteiger partial charge is 0.481 e. The number of halogens is 1. The van der Waals surface area contributed by atoms with Crippen LogP contribution in [0, 0.1) is 5.82 Å². The molecule has 0 saturated heterocycles. The molecule has 2 N–H and O–H groups in total. The van der Waals surface area contributed by atoms with E-state index in [1.807, 2.05) is 10.6 Å². The summed E-state index contributed by atoms with van der Waals surface area (Å²) in [5.41, 5.74) is 2.59. The van der Waals surface area contributed by atoms with Crippen molar-refractivity contribution in [3.63, 3.8) is 0 Å². The maximum absolute atomic E-state index is 14.0. The number of rotatable bonds is 3. The molecule has 0 radical (unpaired) electrons. The monoisotopic (exact) mass is 262 g/mol. The Morgan fingerprint density at radius 1 is 1.47 bits per heavy atom. The van der Waals surface area contributed by atoms with Crippen LogP contribution in [0.4, 0.5) is 4.39 Å². The van der Waals surface area contributed by atoms with Gasteiger partial charge in [-0.05, 0) is 18.1 Å². The number of benzene rings is 1. The van der Waals surface area contributed by atoms with Gasteiger partial charge in [-0.2, -0.15) is 0 Å². The van der Waals surface area contributed by atoms with Gasteiger partial charge in [0.25, 0.3) is 0 Å². The summed E-state index contributed by atoms with van der Waals surface area (Å²) in [6, 6.07) is 5.01. The first-order valence-corrected chi connectivity index (χ1v) is 6.39. The molecule has 1 aromatic heterocycles. The maximum atomic E-state index is 14.0. The predicted octanol–water partition coefficient (Wildman–Crippen LogP) is 1.90. The van der Waals surface area contributed by atoms with Crippen LogP contribution in [0.3, 0.4) is 0 Å². The lowest BCUT2D eigenvalue weighted by Gasteiger charge is -2.18. The van der Waals surface area contributed by atoms with Crippen LogP contribution in [0.2, 0.25) is 0 Å². The molecule has 19 heavy (non-hydrogen) atoms. The van der Waals surface area contributed by atoms with Gasteiger partial charge in [0, 0.05) is 37.1 Å². The van der Waals surface area contributed by atoms with Crippen molar-refractivity contribution < 1.29 is 14.3 Å². The van der Waals surface area contributed by atoms with E-state index in [4.69, 9.17) is 5.11 Å². The van der Waals surface area contributed by atoms with E-state index >= 15 is 0 Å². The van der Waals surface area contributed by atoms with Crippen LogP contribution in [-0.2, 0) is 24.3 Å². The first-order valence-electron chi connectivity index (χ1n) is 6.39. The topological polar surface area (TPSA) is 54.3 Å². The number of nitrogens with zero attached hydrogens (tertiary/aromatic N) is 1. The summed E-state index contributed by atoms with van der Waals surface area (Å²) < 4.78 is 16.0. The van der Waals surface area contributed by atoms with Crippen LogP contribution in [0.1, 0.15) is 17.7 Å². The van der Waals surface area contributed by atoms with Gasteiger partial charge in [0.2, 0.25) is 0 Å². The van der Waals surface area contributed by atoms with Gasteiger partial charge in [-0.3, -0.25) is 4.79 Å². The van der Waals surface area contributed by atoms with E-state index in [-0.39, 0.29) is 12.2 Å². The van der Waals surface area contributed by atoms with Crippen LogP contribution >= 0.6 is 0 Å². The maximum Gasteiger partial charge on any atom is 0.303 e. The molecule has 0 unspecified atom stereocenters. The number of hydrogen-bond donors (Lipinski definition) is 2. The number of hydrogen-bond acceptors (Lipinski definition) is 2. The first-order chi connectivity index (χ1) is 9.18. The van der Waals surface area contributed by atoms with Crippen LogP contribution in [0.5, 0.6) is 0 Å². The van der Waals surface area contributed by atoms with E-state index < -0.39 is 5.97 Å². The fourth-order valence-corrected chi connectivity index (χ4v) is 2.84. The summed E-state index contributed by atoms with van der Waals surface area (Å²) in [5.74, 6) is -1.06. The molecule has 0 saturated carbocycles. The molecule has 1 aliphatic heterocycles. The average Bonchev–Trinajstić information content (AvgIpc) is 2.71. The highest BCUT2D eigenvalue weighted by Gasteiger charge is 2.21. The van der Waals surface area contributed by atoms with Crippen molar-refractivity contribution in [2.75, 3.05) is 6.54 Å². The Balaban J connectivity index is 2.19. The predicted molar refractivity (Wildman–Crippen MR) is 69.6 cm³/mol. The molecule has 3 rings (SSSR count). The smallest absolute Gasteiger partial charge is 0.303 e. The standard InChI is InChI=1S/C14H15FN2O2/c15-11-3-1-2-10-9(4-5-13(18)19)12-8-16-6-7-17(12)14(10)11/h1-3,16H,4-8H2,(H,18,19). The Hall–Kier alpha value is -1.88. The van der Waals surface area contributed by atoms with Gasteiger partial charge in [-0.15, -0.1) is 0 Å². The number of carboxylic acid groups (broad SMARTS) is 1. The number of nitrogens with one attached hydrogen (secondary N) is 1. The summed E-state index contributed by atoms with van der Waals surface area (Å²) in [7, 11) is 0.